The van der Waals surface area contributed by atoms with E-state index in [1.165, 1.54) is 0 Å². The number of hydrogen-bond acceptors (Lipinski definition) is 4. The molecule has 6 nitrogen and oxygen atoms in total. The van der Waals surface area contributed by atoms with Gasteiger partial charge in [-0.3, -0.25) is 19.2 Å². The molecule has 2 aromatic rings. The Hall–Kier alpha value is -2.67. The van der Waals surface area contributed by atoms with Crippen LogP contribution in [0.5, 0.6) is 0 Å². The summed E-state index contributed by atoms with van der Waals surface area (Å²) in [5, 5.41) is 0. The minimum Gasteiger partial charge on any atom is -0.283 e. The molecule has 2 amide bonds. The Bertz CT molecular complexity index is 948. The Kier molecular flexibility index (Phi) is 4.82. The molecule has 0 saturated carbocycles. The van der Waals surface area contributed by atoms with Gasteiger partial charge in [-0.1, -0.05) is 31.2 Å². The second-order valence-corrected chi connectivity index (χ2v) is 8.07. The van der Waals surface area contributed by atoms with Gasteiger partial charge in [0.25, 0.3) is 11.8 Å². The number of amides is 2. The van der Waals surface area contributed by atoms with Gasteiger partial charge in [0.2, 0.25) is 10.0 Å². The lowest BCUT2D eigenvalue weighted by Crippen LogP contribution is -2.35. The van der Waals surface area contributed by atoms with E-state index in [0.29, 0.717) is 16.8 Å². The van der Waals surface area contributed by atoms with E-state index in [0.717, 1.165) is 22.4 Å². The van der Waals surface area contributed by atoms with Gasteiger partial charge < -0.3 is 0 Å². The molecule has 0 saturated heterocycles. The van der Waals surface area contributed by atoms with Crippen LogP contribution >= 0.6 is 0 Å². The lowest BCUT2D eigenvalue weighted by molar-refractivity contribution is 0.0664. The fraction of sp³-hybridized carbons (Fsp3) is 0.263. The molecule has 1 aliphatic rings. The third-order valence-electron chi connectivity index (χ3n) is 4.44. The van der Waals surface area contributed by atoms with Gasteiger partial charge in [0, 0.05) is 6.54 Å². The van der Waals surface area contributed by atoms with Crippen molar-refractivity contribution in [2.24, 2.45) is 0 Å². The average molecular weight is 372 g/mol. The van der Waals surface area contributed by atoms with Gasteiger partial charge in [-0.05, 0) is 42.7 Å². The number of nitrogens with one attached hydrogen (secondary N) is 1. The minimum atomic E-state index is -3.70. The summed E-state index contributed by atoms with van der Waals surface area (Å²) in [6, 6.07) is 12.1. The Morgan fingerprint density at radius 2 is 1.62 bits per heavy atom. The van der Waals surface area contributed by atoms with Gasteiger partial charge in [0.05, 0.1) is 22.6 Å². The number of anilines is 1. The number of benzene rings is 2. The molecule has 7 heteroatoms. The quantitative estimate of drug-likeness (QED) is 0.790. The van der Waals surface area contributed by atoms with Crippen molar-refractivity contribution in [3.8, 4) is 0 Å². The molecular weight excluding hydrogens is 352 g/mol. The van der Waals surface area contributed by atoms with E-state index in [4.69, 9.17) is 0 Å². The number of carbonyl (C=O) groups excluding carboxylic acids is 2. The Morgan fingerprint density at radius 3 is 2.19 bits per heavy atom. The second kappa shape index (κ2) is 6.92. The van der Waals surface area contributed by atoms with Crippen LogP contribution in [-0.4, -0.2) is 37.4 Å². The Morgan fingerprint density at radius 1 is 1.00 bits per heavy atom. The summed E-state index contributed by atoms with van der Waals surface area (Å²) >= 11 is 0. The number of fused-ring (bicyclic) bond motifs is 1. The summed E-state index contributed by atoms with van der Waals surface area (Å²) in [7, 11) is -3.70. The van der Waals surface area contributed by atoms with Crippen LogP contribution in [0.2, 0.25) is 0 Å². The standard InChI is InChI=1S/C19H20N2O4S/c1-3-14-9-8-13(2)17(12-14)20-26(24,25)11-10-21-18(22)15-6-4-5-7-16(15)19(21)23/h4-9,12,20H,3,10-11H2,1-2H3. The normalized spacial score (nSPS) is 13.8. The molecule has 0 spiro atoms. The van der Waals surface area contributed by atoms with E-state index in [9.17, 15) is 18.0 Å². The van der Waals surface area contributed by atoms with E-state index in [-0.39, 0.29) is 12.3 Å². The van der Waals surface area contributed by atoms with E-state index >= 15 is 0 Å². The maximum Gasteiger partial charge on any atom is 0.261 e. The molecule has 1 aliphatic heterocycles. The summed E-state index contributed by atoms with van der Waals surface area (Å²) < 4.78 is 27.4. The Balaban J connectivity index is 1.72. The molecule has 0 bridgehead atoms. The first-order chi connectivity index (χ1) is 12.3. The fourth-order valence-corrected chi connectivity index (χ4v) is 3.95. The number of carbonyl (C=O) groups is 2. The van der Waals surface area contributed by atoms with Crippen LogP contribution in [0.15, 0.2) is 42.5 Å². The maximum atomic E-state index is 12.4. The van der Waals surface area contributed by atoms with Crippen LogP contribution in [0, 0.1) is 6.92 Å². The van der Waals surface area contributed by atoms with Crippen molar-refractivity contribution >= 4 is 27.5 Å². The molecule has 0 atom stereocenters. The monoisotopic (exact) mass is 372 g/mol. The second-order valence-electron chi connectivity index (χ2n) is 6.23. The van der Waals surface area contributed by atoms with Crippen LogP contribution in [0.25, 0.3) is 0 Å². The van der Waals surface area contributed by atoms with E-state index in [1.807, 2.05) is 26.0 Å². The van der Waals surface area contributed by atoms with Crippen molar-refractivity contribution in [2.45, 2.75) is 20.3 Å². The largest absolute Gasteiger partial charge is 0.283 e. The zero-order valence-corrected chi connectivity index (χ0v) is 15.5. The van der Waals surface area contributed by atoms with Crippen molar-refractivity contribution in [1.29, 1.82) is 0 Å². The third-order valence-corrected chi connectivity index (χ3v) is 5.69. The topological polar surface area (TPSA) is 83.6 Å². The lowest BCUT2D eigenvalue weighted by atomic mass is 10.1. The van der Waals surface area contributed by atoms with Crippen LogP contribution in [0.3, 0.4) is 0 Å². The summed E-state index contributed by atoms with van der Waals surface area (Å²) in [5.74, 6) is -1.26. The predicted octanol–water partition coefficient (Wildman–Crippen LogP) is 2.60. The van der Waals surface area contributed by atoms with Gasteiger partial charge in [-0.2, -0.15) is 0 Å². The molecule has 3 rings (SSSR count). The zero-order chi connectivity index (χ0) is 18.9. The summed E-state index contributed by atoms with van der Waals surface area (Å²) in [5.41, 5.74) is 2.98. The minimum absolute atomic E-state index is 0.186. The fourth-order valence-electron chi connectivity index (χ4n) is 2.87. The number of hydrogen-bond donors (Lipinski definition) is 1. The highest BCUT2D eigenvalue weighted by Crippen LogP contribution is 2.23. The Labute approximate surface area is 152 Å². The van der Waals surface area contributed by atoms with Gasteiger partial charge in [0.15, 0.2) is 0 Å². The van der Waals surface area contributed by atoms with Crippen LogP contribution in [-0.2, 0) is 16.4 Å². The molecule has 0 aromatic heterocycles. The SMILES string of the molecule is CCc1ccc(C)c(NS(=O)(=O)CCN2C(=O)c3ccccc3C2=O)c1. The third kappa shape index (κ3) is 3.48. The molecule has 1 heterocycles. The highest BCUT2D eigenvalue weighted by molar-refractivity contribution is 7.92. The first kappa shape index (κ1) is 18.1. The van der Waals surface area contributed by atoms with Crippen LogP contribution < -0.4 is 4.72 Å². The van der Waals surface area contributed by atoms with Gasteiger partial charge in [-0.15, -0.1) is 0 Å². The van der Waals surface area contributed by atoms with Crippen molar-refractivity contribution in [3.63, 3.8) is 0 Å². The number of aryl methyl sites for hydroxylation is 2. The first-order valence-electron chi connectivity index (χ1n) is 8.37. The van der Waals surface area contributed by atoms with Crippen molar-refractivity contribution in [1.82, 2.24) is 4.90 Å². The van der Waals surface area contributed by atoms with Gasteiger partial charge in [0.1, 0.15) is 0 Å². The van der Waals surface area contributed by atoms with Gasteiger partial charge >= 0.3 is 0 Å². The number of imide groups is 1. The molecule has 136 valence electrons. The van der Waals surface area contributed by atoms with Crippen LogP contribution in [0.4, 0.5) is 5.69 Å². The molecule has 0 radical (unpaired) electrons. The number of rotatable bonds is 6. The smallest absolute Gasteiger partial charge is 0.261 e. The molecule has 0 unspecified atom stereocenters. The molecular formula is C19H20N2O4S. The predicted molar refractivity (Wildman–Crippen MR) is 99.8 cm³/mol. The first-order valence-corrected chi connectivity index (χ1v) is 10.0. The van der Waals surface area contributed by atoms with E-state index < -0.39 is 21.8 Å². The zero-order valence-electron chi connectivity index (χ0n) is 14.7. The summed E-state index contributed by atoms with van der Waals surface area (Å²) in [6.45, 7) is 3.63. The summed E-state index contributed by atoms with van der Waals surface area (Å²) in [6.07, 6.45) is 0.796. The lowest BCUT2D eigenvalue weighted by Gasteiger charge is -2.16. The number of sulfonamides is 1. The molecule has 0 fully saturated rings. The average Bonchev–Trinajstić information content (AvgIpc) is 2.86. The highest BCUT2D eigenvalue weighted by Gasteiger charge is 2.35. The van der Waals surface area contributed by atoms with E-state index in [1.54, 1.807) is 30.3 Å². The highest BCUT2D eigenvalue weighted by atomic mass is 32.2. The molecule has 26 heavy (non-hydrogen) atoms. The molecule has 0 aliphatic carbocycles. The molecule has 2 aromatic carbocycles. The van der Waals surface area contributed by atoms with Crippen molar-refractivity contribution in [3.05, 3.63) is 64.7 Å². The van der Waals surface area contributed by atoms with Gasteiger partial charge in [-0.25, -0.2) is 8.42 Å². The van der Waals surface area contributed by atoms with Crippen molar-refractivity contribution in [2.75, 3.05) is 17.0 Å². The summed E-state index contributed by atoms with van der Waals surface area (Å²) in [4.78, 5) is 25.6. The van der Waals surface area contributed by atoms with E-state index in [2.05, 4.69) is 4.72 Å². The number of nitrogens with zero attached hydrogens (tertiary/aromatic N) is 1. The van der Waals surface area contributed by atoms with Crippen LogP contribution in [0.1, 0.15) is 38.8 Å². The molecule has 1 N–H and O–H groups in total. The maximum absolute atomic E-state index is 12.4. The van der Waals surface area contributed by atoms with Crippen molar-refractivity contribution < 1.29 is 18.0 Å².